The number of amides is 1. The van der Waals surface area contributed by atoms with Crippen LogP contribution in [0.5, 0.6) is 5.75 Å². The molecule has 1 saturated heterocycles. The molecular weight excluding hydrogens is 325 g/mol. The highest BCUT2D eigenvalue weighted by atomic mass is 32.2. The number of benzene rings is 1. The Morgan fingerprint density at radius 1 is 1.32 bits per heavy atom. The largest absolute Gasteiger partial charge is 0.573 e. The predicted octanol–water partition coefficient (Wildman–Crippen LogP) is 1.09. The number of rotatable bonds is 4. The second kappa shape index (κ2) is 5.76. The standard InChI is InChI=1S/C12H13F3N2O4S/c1-17-7-8(6-11(17)18)16-22(19,20)10-5-3-2-4-9(10)21-12(13,14)15/h2-5,8,16H,6-7H2,1H3/t8-/m0/s1. The topological polar surface area (TPSA) is 75.7 Å². The summed E-state index contributed by atoms with van der Waals surface area (Å²) in [4.78, 5) is 12.1. The third-order valence-electron chi connectivity index (χ3n) is 3.03. The van der Waals surface area contributed by atoms with E-state index in [1.807, 2.05) is 0 Å². The summed E-state index contributed by atoms with van der Waals surface area (Å²) in [7, 11) is -2.74. The molecule has 1 aliphatic heterocycles. The van der Waals surface area contributed by atoms with Crippen molar-refractivity contribution in [3.05, 3.63) is 24.3 Å². The van der Waals surface area contributed by atoms with Crippen molar-refractivity contribution < 1.29 is 31.1 Å². The third kappa shape index (κ3) is 3.89. The first kappa shape index (κ1) is 16.6. The van der Waals surface area contributed by atoms with Gasteiger partial charge >= 0.3 is 6.36 Å². The van der Waals surface area contributed by atoms with Gasteiger partial charge in [0.25, 0.3) is 0 Å². The van der Waals surface area contributed by atoms with E-state index in [-0.39, 0.29) is 18.9 Å². The Hall–Kier alpha value is -1.81. The van der Waals surface area contributed by atoms with E-state index < -0.39 is 33.1 Å². The summed E-state index contributed by atoms with van der Waals surface area (Å²) in [6.07, 6.45) is -5.05. The Morgan fingerprint density at radius 2 is 1.95 bits per heavy atom. The lowest BCUT2D eigenvalue weighted by molar-refractivity contribution is -0.275. The zero-order valence-electron chi connectivity index (χ0n) is 11.4. The van der Waals surface area contributed by atoms with E-state index in [0.717, 1.165) is 12.1 Å². The molecule has 1 atom stereocenters. The van der Waals surface area contributed by atoms with Crippen LogP contribution in [0.1, 0.15) is 6.42 Å². The van der Waals surface area contributed by atoms with Gasteiger partial charge in [-0.1, -0.05) is 12.1 Å². The Bertz CT molecular complexity index is 675. The van der Waals surface area contributed by atoms with Gasteiger partial charge in [-0.2, -0.15) is 0 Å². The number of ether oxygens (including phenoxy) is 1. The molecule has 1 aromatic rings. The molecule has 0 aromatic heterocycles. The molecule has 1 N–H and O–H groups in total. The number of para-hydroxylation sites is 1. The maximum Gasteiger partial charge on any atom is 0.573 e. The van der Waals surface area contributed by atoms with Crippen LogP contribution in [0.25, 0.3) is 0 Å². The zero-order chi connectivity index (χ0) is 16.5. The van der Waals surface area contributed by atoms with Crippen LogP contribution in [-0.4, -0.2) is 45.2 Å². The van der Waals surface area contributed by atoms with Gasteiger partial charge in [0, 0.05) is 26.1 Å². The number of nitrogens with zero attached hydrogens (tertiary/aromatic N) is 1. The Balaban J connectivity index is 2.25. The zero-order valence-corrected chi connectivity index (χ0v) is 12.2. The maximum atomic E-state index is 12.3. The highest BCUT2D eigenvalue weighted by Gasteiger charge is 2.35. The fourth-order valence-electron chi connectivity index (χ4n) is 2.11. The fraction of sp³-hybridized carbons (Fsp3) is 0.417. The van der Waals surface area contributed by atoms with Gasteiger partial charge in [-0.25, -0.2) is 13.1 Å². The number of alkyl halides is 3. The molecule has 0 radical (unpaired) electrons. The number of nitrogens with one attached hydrogen (secondary N) is 1. The molecular formula is C12H13F3N2O4S. The first-order valence-electron chi connectivity index (χ1n) is 6.19. The summed E-state index contributed by atoms with van der Waals surface area (Å²) in [5.41, 5.74) is 0. The van der Waals surface area contributed by atoms with Crippen molar-refractivity contribution in [1.82, 2.24) is 9.62 Å². The van der Waals surface area contributed by atoms with E-state index in [0.29, 0.717) is 0 Å². The molecule has 22 heavy (non-hydrogen) atoms. The smallest absolute Gasteiger partial charge is 0.404 e. The highest BCUT2D eigenvalue weighted by Crippen LogP contribution is 2.29. The van der Waals surface area contributed by atoms with Gasteiger partial charge in [0.2, 0.25) is 15.9 Å². The van der Waals surface area contributed by atoms with Gasteiger partial charge in [0.1, 0.15) is 10.6 Å². The highest BCUT2D eigenvalue weighted by molar-refractivity contribution is 7.89. The van der Waals surface area contributed by atoms with E-state index in [1.54, 1.807) is 0 Å². The lowest BCUT2D eigenvalue weighted by Gasteiger charge is -2.16. The third-order valence-corrected chi connectivity index (χ3v) is 4.59. The van der Waals surface area contributed by atoms with Crippen LogP contribution in [0.4, 0.5) is 13.2 Å². The molecule has 1 fully saturated rings. The van der Waals surface area contributed by atoms with Crippen molar-refractivity contribution >= 4 is 15.9 Å². The SMILES string of the molecule is CN1C[C@@H](NS(=O)(=O)c2ccccc2OC(F)(F)F)CC1=O. The molecule has 1 aromatic carbocycles. The Labute approximate surface area is 124 Å². The van der Waals surface area contributed by atoms with Crippen LogP contribution in [0.3, 0.4) is 0 Å². The summed E-state index contributed by atoms with van der Waals surface area (Å²) in [5.74, 6) is -1.06. The van der Waals surface area contributed by atoms with Crippen molar-refractivity contribution in [2.45, 2.75) is 23.7 Å². The van der Waals surface area contributed by atoms with Crippen LogP contribution < -0.4 is 9.46 Å². The van der Waals surface area contributed by atoms with Crippen molar-refractivity contribution in [2.24, 2.45) is 0 Å². The maximum absolute atomic E-state index is 12.3. The molecule has 1 amide bonds. The first-order chi connectivity index (χ1) is 10.1. The molecule has 0 unspecified atom stereocenters. The summed E-state index contributed by atoms with van der Waals surface area (Å²) in [6.45, 7) is 0.153. The monoisotopic (exact) mass is 338 g/mol. The van der Waals surface area contributed by atoms with E-state index in [9.17, 15) is 26.4 Å². The molecule has 122 valence electrons. The van der Waals surface area contributed by atoms with Gasteiger partial charge in [-0.15, -0.1) is 13.2 Å². The fourth-order valence-corrected chi connectivity index (χ4v) is 3.46. The number of hydrogen-bond donors (Lipinski definition) is 1. The molecule has 6 nitrogen and oxygen atoms in total. The quantitative estimate of drug-likeness (QED) is 0.892. The number of carbonyl (C=O) groups excluding carboxylic acids is 1. The van der Waals surface area contributed by atoms with Crippen molar-refractivity contribution in [3.8, 4) is 5.75 Å². The van der Waals surface area contributed by atoms with Gasteiger partial charge in [0.15, 0.2) is 0 Å². The number of halogens is 3. The van der Waals surface area contributed by atoms with Crippen LogP contribution >= 0.6 is 0 Å². The summed E-state index contributed by atoms with van der Waals surface area (Å²) in [5, 5.41) is 0. The number of likely N-dealkylation sites (N-methyl/N-ethyl adjacent to an activating group) is 1. The van der Waals surface area contributed by atoms with Gasteiger partial charge < -0.3 is 9.64 Å². The lowest BCUT2D eigenvalue weighted by Crippen LogP contribution is -2.36. The van der Waals surface area contributed by atoms with E-state index >= 15 is 0 Å². The van der Waals surface area contributed by atoms with Crippen LogP contribution in [-0.2, 0) is 14.8 Å². The van der Waals surface area contributed by atoms with E-state index in [1.165, 1.54) is 24.1 Å². The minimum atomic E-state index is -5.00. The Kier molecular flexibility index (Phi) is 4.34. The van der Waals surface area contributed by atoms with Crippen molar-refractivity contribution in [3.63, 3.8) is 0 Å². The molecule has 2 rings (SSSR count). The van der Waals surface area contributed by atoms with Crippen molar-refractivity contribution in [2.75, 3.05) is 13.6 Å². The molecule has 0 bridgehead atoms. The molecule has 10 heteroatoms. The van der Waals surface area contributed by atoms with Gasteiger partial charge in [0.05, 0.1) is 0 Å². The van der Waals surface area contributed by atoms with Gasteiger partial charge in [-0.3, -0.25) is 4.79 Å². The normalized spacial score (nSPS) is 19.5. The van der Waals surface area contributed by atoms with Crippen molar-refractivity contribution in [1.29, 1.82) is 0 Å². The van der Waals surface area contributed by atoms with E-state index in [4.69, 9.17) is 0 Å². The van der Waals surface area contributed by atoms with E-state index in [2.05, 4.69) is 9.46 Å². The molecule has 1 heterocycles. The Morgan fingerprint density at radius 3 is 2.50 bits per heavy atom. The number of likely N-dealkylation sites (tertiary alicyclic amines) is 1. The predicted molar refractivity (Wildman–Crippen MR) is 69.5 cm³/mol. The van der Waals surface area contributed by atoms with Crippen LogP contribution in [0, 0.1) is 0 Å². The number of sulfonamides is 1. The minimum absolute atomic E-state index is 0.0436. The summed E-state index contributed by atoms with van der Waals surface area (Å²) < 4.78 is 67.4. The second-order valence-electron chi connectivity index (χ2n) is 4.79. The average Bonchev–Trinajstić information content (AvgIpc) is 2.65. The number of carbonyl (C=O) groups is 1. The molecule has 0 aliphatic carbocycles. The van der Waals surface area contributed by atoms with Crippen LogP contribution in [0.15, 0.2) is 29.2 Å². The minimum Gasteiger partial charge on any atom is -0.404 e. The van der Waals surface area contributed by atoms with Gasteiger partial charge in [-0.05, 0) is 12.1 Å². The average molecular weight is 338 g/mol. The van der Waals surface area contributed by atoms with Crippen LogP contribution in [0.2, 0.25) is 0 Å². The molecule has 0 spiro atoms. The number of hydrogen-bond acceptors (Lipinski definition) is 4. The molecule has 1 aliphatic rings. The summed E-state index contributed by atoms with van der Waals surface area (Å²) in [6, 6.07) is 3.73. The first-order valence-corrected chi connectivity index (χ1v) is 7.68. The lowest BCUT2D eigenvalue weighted by atomic mass is 10.3. The second-order valence-corrected chi connectivity index (χ2v) is 6.47. The molecule has 0 saturated carbocycles. The summed E-state index contributed by atoms with van der Waals surface area (Å²) >= 11 is 0.